The van der Waals surface area contributed by atoms with Crippen LogP contribution < -0.4 is 5.73 Å². The van der Waals surface area contributed by atoms with Crippen molar-refractivity contribution in [3.8, 4) is 0 Å². The Morgan fingerprint density at radius 3 is 1.90 bits per heavy atom. The maximum absolute atomic E-state index is 9.22. The van der Waals surface area contributed by atoms with E-state index in [1.807, 2.05) is 0 Å². The molecule has 0 heterocycles. The van der Waals surface area contributed by atoms with Gasteiger partial charge in [-0.25, -0.2) is 8.42 Å². The van der Waals surface area contributed by atoms with Gasteiger partial charge in [-0.2, -0.15) is 0 Å². The lowest BCUT2D eigenvalue weighted by Gasteiger charge is -1.98. The van der Waals surface area contributed by atoms with Crippen molar-refractivity contribution in [2.45, 2.75) is 0 Å². The van der Waals surface area contributed by atoms with Crippen molar-refractivity contribution in [2.75, 3.05) is 20.3 Å². The van der Waals surface area contributed by atoms with Gasteiger partial charge >= 0.3 is 0 Å². The number of hydrogen-bond donors (Lipinski definition) is 2. The van der Waals surface area contributed by atoms with Crippen LogP contribution in [0, 0.1) is 0 Å². The third-order valence-electron chi connectivity index (χ3n) is 0.362. The Morgan fingerprint density at radius 2 is 1.90 bits per heavy atom. The molecule has 0 aromatic heterocycles. The molecule has 0 aliphatic heterocycles. The van der Waals surface area contributed by atoms with Crippen molar-refractivity contribution in [1.82, 2.24) is 0 Å². The first-order valence-electron chi connectivity index (χ1n) is 2.39. The number of aliphatic hydroxyl groups is 1. The van der Waals surface area contributed by atoms with Gasteiger partial charge in [0, 0.05) is 0 Å². The topological polar surface area (TPSA) is 114 Å². The van der Waals surface area contributed by atoms with E-state index in [-0.39, 0.29) is 6.61 Å². The average molecular weight is 173 g/mol. The quantitative estimate of drug-likeness (QED) is 0.348. The molecule has 0 aliphatic rings. The predicted octanol–water partition coefficient (Wildman–Crippen LogP) is -2.69. The molecule has 0 amide bonds. The lowest BCUT2D eigenvalue weighted by molar-refractivity contribution is -0.372. The van der Waals surface area contributed by atoms with Gasteiger partial charge in [-0.1, -0.05) is 0 Å². The summed E-state index contributed by atoms with van der Waals surface area (Å²) in [6.07, 6.45) is 0. The second kappa shape index (κ2) is 6.90. The number of quaternary nitrogens is 1. The molecule has 4 N–H and O–H groups in total. The second-order valence-electron chi connectivity index (χ2n) is 1.15. The fourth-order valence-corrected chi connectivity index (χ4v) is 0. The van der Waals surface area contributed by atoms with Crippen LogP contribution in [0.3, 0.4) is 0 Å². The zero-order valence-corrected chi connectivity index (χ0v) is 6.43. The Hall–Kier alpha value is -0.210. The van der Waals surface area contributed by atoms with Gasteiger partial charge in [-0.05, 0) is 0 Å². The Bertz CT molecular complexity index is 139. The molecule has 0 aliphatic carbocycles. The molecule has 0 unspecified atom stereocenters. The molecule has 0 saturated carbocycles. The Balaban J connectivity index is 0. The molecular formula is C3H11NO5S. The normalized spacial score (nSPS) is 10.0. The first-order chi connectivity index (χ1) is 4.47. The first-order valence-corrected chi connectivity index (χ1v) is 3.72. The van der Waals surface area contributed by atoms with Gasteiger partial charge in [0.15, 0.2) is 0 Å². The Morgan fingerprint density at radius 1 is 1.70 bits per heavy atom. The van der Waals surface area contributed by atoms with Crippen molar-refractivity contribution in [3.63, 3.8) is 0 Å². The van der Waals surface area contributed by atoms with E-state index in [1.165, 1.54) is 0 Å². The molecule has 0 saturated heterocycles. The molecule has 0 rings (SSSR count). The third kappa shape index (κ3) is 25.0. The zero-order valence-electron chi connectivity index (χ0n) is 5.61. The van der Waals surface area contributed by atoms with Crippen molar-refractivity contribution >= 4 is 10.4 Å². The van der Waals surface area contributed by atoms with E-state index in [9.17, 15) is 13.0 Å². The van der Waals surface area contributed by atoms with E-state index in [4.69, 9.17) is 5.11 Å². The molecular weight excluding hydrogens is 162 g/mol. The van der Waals surface area contributed by atoms with E-state index in [1.54, 1.807) is 0 Å². The highest BCUT2D eigenvalue weighted by molar-refractivity contribution is 7.80. The molecule has 0 spiro atoms. The summed E-state index contributed by atoms with van der Waals surface area (Å²) in [6.45, 7) is 0.833. The van der Waals surface area contributed by atoms with Gasteiger partial charge < -0.3 is 15.4 Å². The standard InChI is InChI=1S/C2H7NO.CH4O4S/c3-1-2-4;1-5-6(2,3)4/h4H,1-3H2;1H3,(H,2,3,4). The van der Waals surface area contributed by atoms with Crippen LogP contribution in [0.15, 0.2) is 0 Å². The summed E-state index contributed by atoms with van der Waals surface area (Å²) in [5.41, 5.74) is 3.35. The first kappa shape index (κ1) is 12.5. The molecule has 0 aromatic rings. The van der Waals surface area contributed by atoms with Crippen LogP contribution in [0.4, 0.5) is 0 Å². The number of rotatable bonds is 2. The van der Waals surface area contributed by atoms with Crippen LogP contribution in [-0.4, -0.2) is 38.3 Å². The summed E-state index contributed by atoms with van der Waals surface area (Å²) in [5, 5.41) is 7.81. The van der Waals surface area contributed by atoms with Gasteiger partial charge in [0.05, 0.1) is 20.3 Å². The fourth-order valence-electron chi connectivity index (χ4n) is 0. The summed E-state index contributed by atoms with van der Waals surface area (Å²) in [5.74, 6) is 0. The smallest absolute Gasteiger partial charge is 0.217 e. The molecule has 0 bridgehead atoms. The molecule has 6 nitrogen and oxygen atoms in total. The molecule has 10 heavy (non-hydrogen) atoms. The van der Waals surface area contributed by atoms with Crippen LogP contribution in [0.2, 0.25) is 0 Å². The highest BCUT2D eigenvalue weighted by atomic mass is 32.3. The van der Waals surface area contributed by atoms with Crippen molar-refractivity contribution < 1.29 is 28.0 Å². The minimum atomic E-state index is -4.41. The summed E-state index contributed by atoms with van der Waals surface area (Å²) in [4.78, 5) is 0. The minimum Gasteiger partial charge on any atom is -0.726 e. The highest BCUT2D eigenvalue weighted by Crippen LogP contribution is 1.74. The lowest BCUT2D eigenvalue weighted by Crippen LogP contribution is -2.51. The van der Waals surface area contributed by atoms with E-state index in [2.05, 4.69) is 9.92 Å². The summed E-state index contributed by atoms with van der Waals surface area (Å²) in [6, 6.07) is 0. The van der Waals surface area contributed by atoms with E-state index in [0.29, 0.717) is 6.54 Å². The van der Waals surface area contributed by atoms with Crippen LogP contribution in [0.1, 0.15) is 0 Å². The SMILES string of the molecule is COS(=O)(=O)[O-].[NH3+]CCO. The van der Waals surface area contributed by atoms with Crippen molar-refractivity contribution in [2.24, 2.45) is 0 Å². The van der Waals surface area contributed by atoms with Gasteiger partial charge in [-0.3, -0.25) is 4.18 Å². The van der Waals surface area contributed by atoms with Crippen LogP contribution in [-0.2, 0) is 14.6 Å². The predicted molar refractivity (Wildman–Crippen MR) is 31.5 cm³/mol. The monoisotopic (exact) mass is 173 g/mol. The number of aliphatic hydroxyl groups excluding tert-OH is 1. The van der Waals surface area contributed by atoms with Crippen LogP contribution in [0.5, 0.6) is 0 Å². The molecule has 0 atom stereocenters. The maximum Gasteiger partial charge on any atom is 0.217 e. The average Bonchev–Trinajstić information content (AvgIpc) is 1.87. The van der Waals surface area contributed by atoms with Gasteiger partial charge in [0.1, 0.15) is 0 Å². The molecule has 0 fully saturated rings. The van der Waals surface area contributed by atoms with Crippen LogP contribution in [0.25, 0.3) is 0 Å². The van der Waals surface area contributed by atoms with E-state index < -0.39 is 10.4 Å². The molecule has 7 heteroatoms. The minimum absolute atomic E-state index is 0.208. The van der Waals surface area contributed by atoms with Crippen LogP contribution >= 0.6 is 0 Å². The molecule has 64 valence electrons. The largest absolute Gasteiger partial charge is 0.726 e. The van der Waals surface area contributed by atoms with Crippen molar-refractivity contribution in [1.29, 1.82) is 0 Å². The van der Waals surface area contributed by atoms with Gasteiger partial charge in [-0.15, -0.1) is 0 Å². The summed E-state index contributed by atoms with van der Waals surface area (Å²) in [7, 11) is -3.60. The Kier molecular flexibility index (Phi) is 8.61. The lowest BCUT2D eigenvalue weighted by atomic mass is 10.8. The van der Waals surface area contributed by atoms with Gasteiger partial charge in [0.2, 0.25) is 10.4 Å². The van der Waals surface area contributed by atoms with E-state index in [0.717, 1.165) is 7.11 Å². The molecule has 0 aromatic carbocycles. The highest BCUT2D eigenvalue weighted by Gasteiger charge is 1.79. The summed E-state index contributed by atoms with van der Waals surface area (Å²) >= 11 is 0. The molecule has 0 radical (unpaired) electrons. The summed E-state index contributed by atoms with van der Waals surface area (Å²) < 4.78 is 31.0. The zero-order chi connectivity index (χ0) is 8.62. The second-order valence-corrected chi connectivity index (χ2v) is 2.30. The fraction of sp³-hybridized carbons (Fsp3) is 1.00. The van der Waals surface area contributed by atoms with E-state index >= 15 is 0 Å². The van der Waals surface area contributed by atoms with Gasteiger partial charge in [0.25, 0.3) is 0 Å². The third-order valence-corrected chi connectivity index (χ3v) is 0.770. The Labute approximate surface area is 59.6 Å². The van der Waals surface area contributed by atoms with Crippen molar-refractivity contribution in [3.05, 3.63) is 0 Å². The maximum atomic E-state index is 9.22. The number of hydrogen-bond acceptors (Lipinski definition) is 5.